The summed E-state index contributed by atoms with van der Waals surface area (Å²) in [5.41, 5.74) is 4.14. The maximum atomic E-state index is 12.6. The van der Waals surface area contributed by atoms with E-state index in [1.165, 1.54) is 0 Å². The molecule has 0 amide bonds. The third-order valence-corrected chi connectivity index (χ3v) is 4.28. The third-order valence-electron chi connectivity index (χ3n) is 2.09. The van der Waals surface area contributed by atoms with Crippen LogP contribution in [0.15, 0.2) is 16.6 Å². The molecule has 0 aliphatic carbocycles. The molecule has 3 nitrogen and oxygen atoms in total. The minimum absolute atomic E-state index is 0.386. The lowest BCUT2D eigenvalue weighted by atomic mass is 10.2. The molecule has 17 heavy (non-hydrogen) atoms. The Bertz CT molecular complexity index is 314. The normalized spacial score (nSPS) is 11.1. The van der Waals surface area contributed by atoms with Crippen molar-refractivity contribution in [3.05, 3.63) is 16.6 Å². The molecule has 0 atom stereocenters. The minimum atomic E-state index is -3.13. The number of rotatable bonds is 8. The van der Waals surface area contributed by atoms with Crippen LogP contribution >= 0.6 is 7.60 Å². The van der Waals surface area contributed by atoms with Gasteiger partial charge in [-0.1, -0.05) is 13.3 Å². The number of unbranched alkanes of at least 4 members (excludes halogenated alkanes) is 1. The van der Waals surface area contributed by atoms with Crippen LogP contribution in [0.25, 0.3) is 0 Å². The lowest BCUT2D eigenvalue weighted by Crippen LogP contribution is -1.99. The van der Waals surface area contributed by atoms with E-state index in [0.29, 0.717) is 18.5 Å². The summed E-state index contributed by atoms with van der Waals surface area (Å²) < 4.78 is 23.3. The van der Waals surface area contributed by atoms with Crippen molar-refractivity contribution in [3.8, 4) is 0 Å². The molecule has 0 aliphatic rings. The Balaban J connectivity index is 5.23. The predicted octanol–water partition coefficient (Wildman–Crippen LogP) is 4.89. The van der Waals surface area contributed by atoms with Crippen molar-refractivity contribution in [1.82, 2.24) is 0 Å². The second-order valence-corrected chi connectivity index (χ2v) is 6.06. The zero-order valence-corrected chi connectivity index (χ0v) is 12.6. The molecule has 0 fully saturated rings. The smallest absolute Gasteiger partial charge is 0.305 e. The van der Waals surface area contributed by atoms with Gasteiger partial charge >= 0.3 is 7.60 Å². The number of hydrogen-bond donors (Lipinski definition) is 0. The molecule has 0 aliphatic heterocycles. The monoisotopic (exact) mass is 260 g/mol. The van der Waals surface area contributed by atoms with Crippen LogP contribution in [-0.4, -0.2) is 13.2 Å². The second kappa shape index (κ2) is 8.72. The summed E-state index contributed by atoms with van der Waals surface area (Å²) in [6.07, 6.45) is 2.74. The summed E-state index contributed by atoms with van der Waals surface area (Å²) >= 11 is 0. The van der Waals surface area contributed by atoms with Crippen LogP contribution in [0.1, 0.15) is 53.9 Å². The van der Waals surface area contributed by atoms with Gasteiger partial charge in [-0.05, 0) is 46.1 Å². The Morgan fingerprint density at radius 2 is 1.65 bits per heavy atom. The molecule has 0 aromatic carbocycles. The van der Waals surface area contributed by atoms with E-state index in [1.807, 2.05) is 27.7 Å². The highest BCUT2D eigenvalue weighted by molar-refractivity contribution is 7.58. The average molecular weight is 260 g/mol. The molecular formula is C13H25O3P. The van der Waals surface area contributed by atoms with E-state index in [4.69, 9.17) is 9.05 Å². The van der Waals surface area contributed by atoms with E-state index in [1.54, 1.807) is 0 Å². The van der Waals surface area contributed by atoms with Crippen molar-refractivity contribution >= 4 is 7.60 Å². The number of hydrogen-bond acceptors (Lipinski definition) is 3. The second-order valence-electron chi connectivity index (χ2n) is 4.01. The lowest BCUT2D eigenvalue weighted by Gasteiger charge is -2.18. The molecule has 4 heteroatoms. The summed E-state index contributed by atoms with van der Waals surface area (Å²) in [5, 5.41) is 0.683. The molecule has 0 aromatic heterocycles. The Hall–Kier alpha value is -0.330. The van der Waals surface area contributed by atoms with E-state index in [-0.39, 0.29) is 0 Å². The molecule has 0 saturated carbocycles. The first-order chi connectivity index (χ1) is 8.00. The standard InChI is InChI=1S/C13H25O3P/c1-6-9-10-13(11-12(4)5)17(14,15-7-2)16-8-3/h6-10H2,1-5H3. The van der Waals surface area contributed by atoms with Crippen LogP contribution in [0.5, 0.6) is 0 Å². The molecule has 0 unspecified atom stereocenters. The highest BCUT2D eigenvalue weighted by Gasteiger charge is 2.28. The van der Waals surface area contributed by atoms with Crippen molar-refractivity contribution < 1.29 is 13.6 Å². The van der Waals surface area contributed by atoms with Crippen LogP contribution in [0.2, 0.25) is 0 Å². The fourth-order valence-corrected chi connectivity index (χ4v) is 3.29. The van der Waals surface area contributed by atoms with Gasteiger partial charge in [0, 0.05) is 0 Å². The Labute approximate surface area is 105 Å². The van der Waals surface area contributed by atoms with Crippen molar-refractivity contribution in [1.29, 1.82) is 0 Å². The van der Waals surface area contributed by atoms with E-state index in [9.17, 15) is 4.57 Å². The van der Waals surface area contributed by atoms with Gasteiger partial charge in [0.1, 0.15) is 0 Å². The lowest BCUT2D eigenvalue weighted by molar-refractivity contribution is 0.225. The fraction of sp³-hybridized carbons (Fsp3) is 0.769. The van der Waals surface area contributed by atoms with Crippen LogP contribution in [-0.2, 0) is 13.6 Å². The molecule has 0 saturated heterocycles. The summed E-state index contributed by atoms with van der Waals surface area (Å²) in [6, 6.07) is 0. The summed E-state index contributed by atoms with van der Waals surface area (Å²) in [5.74, 6) is 0. The summed E-state index contributed by atoms with van der Waals surface area (Å²) in [6.45, 7) is 10.4. The Kier molecular flexibility index (Phi) is 8.55. The Morgan fingerprint density at radius 3 is 2.00 bits per heavy atom. The molecular weight excluding hydrogens is 235 g/mol. The highest BCUT2D eigenvalue weighted by Crippen LogP contribution is 2.57. The quantitative estimate of drug-likeness (QED) is 0.460. The summed E-state index contributed by atoms with van der Waals surface area (Å²) in [7, 11) is -3.13. The molecule has 0 rings (SSSR count). The van der Waals surface area contributed by atoms with E-state index < -0.39 is 7.60 Å². The van der Waals surface area contributed by atoms with Gasteiger partial charge in [-0.25, -0.2) is 0 Å². The van der Waals surface area contributed by atoms with Crippen LogP contribution in [0, 0.1) is 0 Å². The molecule has 0 spiro atoms. The average Bonchev–Trinajstić information content (AvgIpc) is 2.24. The zero-order chi connectivity index (χ0) is 13.3. The predicted molar refractivity (Wildman–Crippen MR) is 72.3 cm³/mol. The van der Waals surface area contributed by atoms with Crippen molar-refractivity contribution in [2.75, 3.05) is 13.2 Å². The topological polar surface area (TPSA) is 35.5 Å². The maximum Gasteiger partial charge on any atom is 0.364 e. The van der Waals surface area contributed by atoms with Gasteiger partial charge in [-0.15, -0.1) is 5.73 Å². The molecule has 100 valence electrons. The molecule has 0 aromatic rings. The maximum absolute atomic E-state index is 12.6. The van der Waals surface area contributed by atoms with Gasteiger partial charge in [0.25, 0.3) is 0 Å². The summed E-state index contributed by atoms with van der Waals surface area (Å²) in [4.78, 5) is 0. The van der Waals surface area contributed by atoms with Crippen LogP contribution in [0.3, 0.4) is 0 Å². The molecule has 0 N–H and O–H groups in total. The molecule has 0 heterocycles. The van der Waals surface area contributed by atoms with Gasteiger partial charge in [0.15, 0.2) is 0 Å². The number of allylic oxidation sites excluding steroid dienone is 1. The van der Waals surface area contributed by atoms with Crippen molar-refractivity contribution in [3.63, 3.8) is 0 Å². The van der Waals surface area contributed by atoms with Gasteiger partial charge in [0.2, 0.25) is 0 Å². The zero-order valence-electron chi connectivity index (χ0n) is 11.7. The first kappa shape index (κ1) is 16.7. The van der Waals surface area contributed by atoms with Gasteiger partial charge < -0.3 is 9.05 Å². The largest absolute Gasteiger partial charge is 0.364 e. The van der Waals surface area contributed by atoms with Gasteiger partial charge in [0.05, 0.1) is 18.5 Å². The van der Waals surface area contributed by atoms with E-state index in [2.05, 4.69) is 12.7 Å². The van der Waals surface area contributed by atoms with Gasteiger partial charge in [-0.2, -0.15) is 0 Å². The third kappa shape index (κ3) is 6.24. The molecule has 0 bridgehead atoms. The minimum Gasteiger partial charge on any atom is -0.305 e. The fourth-order valence-electron chi connectivity index (χ4n) is 1.43. The van der Waals surface area contributed by atoms with Gasteiger partial charge in [-0.3, -0.25) is 4.57 Å². The first-order valence-electron chi connectivity index (χ1n) is 6.32. The molecule has 0 radical (unpaired) electrons. The van der Waals surface area contributed by atoms with E-state index in [0.717, 1.165) is 24.8 Å². The van der Waals surface area contributed by atoms with E-state index >= 15 is 0 Å². The highest BCUT2D eigenvalue weighted by atomic mass is 31.2. The first-order valence-corrected chi connectivity index (χ1v) is 7.87. The van der Waals surface area contributed by atoms with Crippen molar-refractivity contribution in [2.45, 2.75) is 53.9 Å². The van der Waals surface area contributed by atoms with Crippen LogP contribution < -0.4 is 0 Å². The van der Waals surface area contributed by atoms with Crippen LogP contribution in [0.4, 0.5) is 0 Å². The SMILES string of the molecule is CCCCC(=C=C(C)C)P(=O)(OCC)OCC. The Morgan fingerprint density at radius 1 is 1.12 bits per heavy atom. The van der Waals surface area contributed by atoms with Crippen molar-refractivity contribution in [2.24, 2.45) is 0 Å².